The topological polar surface area (TPSA) is 109 Å². The summed E-state index contributed by atoms with van der Waals surface area (Å²) in [4.78, 5) is 39.9. The molecule has 0 saturated carbocycles. The van der Waals surface area contributed by atoms with Gasteiger partial charge in [0.05, 0.1) is 17.5 Å². The third-order valence-corrected chi connectivity index (χ3v) is 4.92. The third-order valence-electron chi connectivity index (χ3n) is 4.92. The van der Waals surface area contributed by atoms with Gasteiger partial charge in [-0.3, -0.25) is 25.2 Å². The largest absolute Gasteiger partial charge is 0.463 e. The number of pyridine rings is 1. The number of nitrogens with one attached hydrogen (secondary N) is 3. The molecule has 4 aromatic rings. The van der Waals surface area contributed by atoms with Crippen LogP contribution in [0.4, 0.5) is 0 Å². The molecule has 31 heavy (non-hydrogen) atoms. The van der Waals surface area contributed by atoms with Crippen molar-refractivity contribution < 1.29 is 14.0 Å². The first-order chi connectivity index (χ1) is 15.0. The summed E-state index contributed by atoms with van der Waals surface area (Å²) in [5.74, 6) is -0.726. The molecule has 2 amide bonds. The predicted octanol–water partition coefficient (Wildman–Crippen LogP) is 3.12. The van der Waals surface area contributed by atoms with Crippen molar-refractivity contribution >= 4 is 11.8 Å². The highest BCUT2D eigenvalue weighted by atomic mass is 16.3. The molecule has 0 aliphatic heterocycles. The molecule has 0 radical (unpaired) electrons. The number of aromatic amines is 1. The Morgan fingerprint density at radius 1 is 0.903 bits per heavy atom. The molecule has 4 rings (SSSR count). The Bertz CT molecular complexity index is 1300. The molecule has 0 unspecified atom stereocenters. The Kier molecular flexibility index (Phi) is 5.28. The first-order valence-electron chi connectivity index (χ1n) is 9.58. The number of H-pyrrole nitrogens is 1. The summed E-state index contributed by atoms with van der Waals surface area (Å²) in [6, 6.07) is 17.7. The number of hydrogen-bond acceptors (Lipinski definition) is 4. The molecule has 0 fully saturated rings. The second-order valence-electron chi connectivity index (χ2n) is 6.96. The van der Waals surface area contributed by atoms with E-state index in [0.717, 1.165) is 17.1 Å². The summed E-state index contributed by atoms with van der Waals surface area (Å²) in [5.41, 5.74) is 7.36. The highest BCUT2D eigenvalue weighted by Gasteiger charge is 2.18. The molecule has 0 bridgehead atoms. The molecular formula is C23H20N4O4. The normalized spacial score (nSPS) is 10.6. The summed E-state index contributed by atoms with van der Waals surface area (Å²) in [5, 5.41) is 0. The van der Waals surface area contributed by atoms with Gasteiger partial charge < -0.3 is 14.0 Å². The van der Waals surface area contributed by atoms with Gasteiger partial charge in [-0.2, -0.15) is 0 Å². The van der Waals surface area contributed by atoms with Crippen LogP contribution >= 0.6 is 0 Å². The predicted molar refractivity (Wildman–Crippen MR) is 115 cm³/mol. The van der Waals surface area contributed by atoms with Gasteiger partial charge in [0.25, 0.3) is 17.4 Å². The first-order valence-corrected chi connectivity index (χ1v) is 9.58. The number of nitrogens with zero attached hydrogens (tertiary/aromatic N) is 1. The van der Waals surface area contributed by atoms with Gasteiger partial charge in [0.1, 0.15) is 11.3 Å². The number of rotatable bonds is 4. The van der Waals surface area contributed by atoms with Crippen LogP contribution in [0.2, 0.25) is 0 Å². The molecule has 0 spiro atoms. The van der Waals surface area contributed by atoms with Crippen molar-refractivity contribution in [3.63, 3.8) is 0 Å². The minimum Gasteiger partial charge on any atom is -0.463 e. The molecule has 0 atom stereocenters. The number of carbonyl (C=O) groups excluding carboxylic acids is 2. The zero-order valence-electron chi connectivity index (χ0n) is 16.9. The van der Waals surface area contributed by atoms with Gasteiger partial charge in [-0.15, -0.1) is 0 Å². The molecule has 3 heterocycles. The van der Waals surface area contributed by atoms with Crippen molar-refractivity contribution in [1.82, 2.24) is 20.4 Å². The number of hydrazine groups is 1. The lowest BCUT2D eigenvalue weighted by atomic mass is 10.2. The van der Waals surface area contributed by atoms with E-state index in [1.165, 1.54) is 12.3 Å². The Hall–Kier alpha value is -4.33. The summed E-state index contributed by atoms with van der Waals surface area (Å²) in [6.07, 6.45) is 1.48. The first kappa shape index (κ1) is 20.0. The molecule has 156 valence electrons. The monoisotopic (exact) mass is 416 g/mol. The van der Waals surface area contributed by atoms with Crippen molar-refractivity contribution in [1.29, 1.82) is 0 Å². The van der Waals surface area contributed by atoms with E-state index in [1.807, 2.05) is 48.7 Å². The van der Waals surface area contributed by atoms with E-state index in [1.54, 1.807) is 24.3 Å². The molecule has 3 aromatic heterocycles. The Morgan fingerprint density at radius 3 is 2.26 bits per heavy atom. The van der Waals surface area contributed by atoms with E-state index in [4.69, 9.17) is 4.42 Å². The van der Waals surface area contributed by atoms with Gasteiger partial charge in [0.15, 0.2) is 0 Å². The van der Waals surface area contributed by atoms with Crippen molar-refractivity contribution in [2.75, 3.05) is 0 Å². The highest BCUT2D eigenvalue weighted by molar-refractivity contribution is 5.99. The SMILES string of the molecule is Cc1cc(C(=O)NNC(=O)c2ccc(-c3ccco3)[nH]c2=O)c(C)n1-c1ccccc1. The van der Waals surface area contributed by atoms with Gasteiger partial charge in [-0.1, -0.05) is 18.2 Å². The van der Waals surface area contributed by atoms with Crippen LogP contribution in [0, 0.1) is 13.8 Å². The maximum absolute atomic E-state index is 12.7. The molecule has 8 nitrogen and oxygen atoms in total. The Balaban J connectivity index is 1.48. The Labute approximate surface area is 177 Å². The van der Waals surface area contributed by atoms with E-state index in [0.29, 0.717) is 17.0 Å². The van der Waals surface area contributed by atoms with Crippen LogP contribution in [0.3, 0.4) is 0 Å². The molecule has 8 heteroatoms. The average Bonchev–Trinajstić information content (AvgIpc) is 3.40. The molecule has 3 N–H and O–H groups in total. The van der Waals surface area contributed by atoms with E-state index in [2.05, 4.69) is 15.8 Å². The number of aryl methyl sites for hydroxylation is 1. The van der Waals surface area contributed by atoms with E-state index in [-0.39, 0.29) is 5.56 Å². The molecular weight excluding hydrogens is 396 g/mol. The van der Waals surface area contributed by atoms with Crippen LogP contribution in [-0.2, 0) is 0 Å². The quantitative estimate of drug-likeness (QED) is 0.444. The van der Waals surface area contributed by atoms with Crippen LogP contribution in [0.1, 0.15) is 32.1 Å². The average molecular weight is 416 g/mol. The fourth-order valence-electron chi connectivity index (χ4n) is 3.44. The van der Waals surface area contributed by atoms with Crippen LogP contribution in [0.5, 0.6) is 0 Å². The molecule has 0 aliphatic rings. The highest BCUT2D eigenvalue weighted by Crippen LogP contribution is 2.20. The van der Waals surface area contributed by atoms with E-state index in [9.17, 15) is 14.4 Å². The zero-order chi connectivity index (χ0) is 22.0. The number of para-hydroxylation sites is 1. The van der Waals surface area contributed by atoms with Crippen LogP contribution in [-0.4, -0.2) is 21.4 Å². The molecule has 1 aromatic carbocycles. The lowest BCUT2D eigenvalue weighted by Crippen LogP contribution is -2.43. The number of carbonyl (C=O) groups is 2. The Morgan fingerprint density at radius 2 is 1.61 bits per heavy atom. The summed E-state index contributed by atoms with van der Waals surface area (Å²) in [7, 11) is 0. The van der Waals surface area contributed by atoms with Crippen LogP contribution in [0.15, 0.2) is 76.1 Å². The maximum Gasteiger partial charge on any atom is 0.275 e. The fraction of sp³-hybridized carbons (Fsp3) is 0.0870. The summed E-state index contributed by atoms with van der Waals surface area (Å²) >= 11 is 0. The number of benzene rings is 1. The van der Waals surface area contributed by atoms with Crippen molar-refractivity contribution in [2.45, 2.75) is 13.8 Å². The zero-order valence-corrected chi connectivity index (χ0v) is 16.9. The lowest BCUT2D eigenvalue weighted by Gasteiger charge is -2.10. The van der Waals surface area contributed by atoms with Crippen LogP contribution < -0.4 is 16.4 Å². The fourth-order valence-corrected chi connectivity index (χ4v) is 3.44. The van der Waals surface area contributed by atoms with E-state index < -0.39 is 17.4 Å². The van der Waals surface area contributed by atoms with Gasteiger partial charge in [-0.05, 0) is 56.3 Å². The minimum atomic E-state index is -0.725. The van der Waals surface area contributed by atoms with Gasteiger partial charge in [0, 0.05) is 17.1 Å². The van der Waals surface area contributed by atoms with Crippen molar-refractivity contribution in [2.24, 2.45) is 0 Å². The third kappa shape index (κ3) is 3.91. The minimum absolute atomic E-state index is 0.134. The number of aromatic nitrogens is 2. The van der Waals surface area contributed by atoms with E-state index >= 15 is 0 Å². The molecule has 0 aliphatic carbocycles. The van der Waals surface area contributed by atoms with Gasteiger partial charge in [0.2, 0.25) is 0 Å². The number of hydrogen-bond donors (Lipinski definition) is 3. The standard InChI is InChI=1S/C23H20N4O4/c1-14-13-18(15(2)27(14)16-7-4-3-5-8-16)23(30)26-25-22(29)17-10-11-19(24-21(17)28)20-9-6-12-31-20/h3-13H,1-2H3,(H,24,28)(H,25,29)(H,26,30). The second kappa shape index (κ2) is 8.19. The smallest absolute Gasteiger partial charge is 0.275 e. The second-order valence-corrected chi connectivity index (χ2v) is 6.96. The van der Waals surface area contributed by atoms with Crippen molar-refractivity contribution in [3.8, 4) is 17.1 Å². The maximum atomic E-state index is 12.7. The molecule has 0 saturated heterocycles. The van der Waals surface area contributed by atoms with Crippen LogP contribution in [0.25, 0.3) is 17.1 Å². The van der Waals surface area contributed by atoms with Gasteiger partial charge >= 0.3 is 0 Å². The number of furan rings is 1. The number of amides is 2. The van der Waals surface area contributed by atoms with Gasteiger partial charge in [-0.25, -0.2) is 0 Å². The summed E-state index contributed by atoms with van der Waals surface area (Å²) < 4.78 is 7.18. The summed E-state index contributed by atoms with van der Waals surface area (Å²) in [6.45, 7) is 3.73. The lowest BCUT2D eigenvalue weighted by molar-refractivity contribution is 0.0845. The van der Waals surface area contributed by atoms with Crippen molar-refractivity contribution in [3.05, 3.63) is 99.8 Å².